The van der Waals surface area contributed by atoms with Gasteiger partial charge in [0.05, 0.1) is 18.1 Å². The number of hydrogen-bond acceptors (Lipinski definition) is 7. The largest absolute Gasteiger partial charge is 0.494 e. The number of amides is 2. The summed E-state index contributed by atoms with van der Waals surface area (Å²) >= 11 is 1.32. The number of aromatic nitrogens is 2. The van der Waals surface area contributed by atoms with E-state index in [2.05, 4.69) is 21.0 Å². The fourth-order valence-corrected chi connectivity index (χ4v) is 2.40. The first kappa shape index (κ1) is 17.8. The van der Waals surface area contributed by atoms with Gasteiger partial charge < -0.3 is 9.26 Å². The molecule has 0 aliphatic rings. The molecule has 0 saturated carbocycles. The van der Waals surface area contributed by atoms with Gasteiger partial charge in [-0.2, -0.15) is 4.98 Å². The second kappa shape index (κ2) is 8.92. The van der Waals surface area contributed by atoms with Gasteiger partial charge in [-0.1, -0.05) is 5.16 Å². The molecule has 0 radical (unpaired) electrons. The molecule has 2 N–H and O–H groups in total. The van der Waals surface area contributed by atoms with E-state index in [1.54, 1.807) is 31.2 Å². The first-order chi connectivity index (χ1) is 11.6. The van der Waals surface area contributed by atoms with Crippen molar-refractivity contribution in [1.82, 2.24) is 21.0 Å². The van der Waals surface area contributed by atoms with Crippen molar-refractivity contribution >= 4 is 23.6 Å². The zero-order valence-corrected chi connectivity index (χ0v) is 14.2. The summed E-state index contributed by atoms with van der Waals surface area (Å²) < 4.78 is 10.1. The molecule has 0 saturated heterocycles. The Kier molecular flexibility index (Phi) is 6.62. The fraction of sp³-hybridized carbons (Fsp3) is 0.333. The van der Waals surface area contributed by atoms with Crippen molar-refractivity contribution in [1.29, 1.82) is 0 Å². The van der Waals surface area contributed by atoms with Crippen LogP contribution < -0.4 is 15.6 Å². The second-order valence-corrected chi connectivity index (χ2v) is 5.67. The highest BCUT2D eigenvalue weighted by Gasteiger charge is 2.09. The summed E-state index contributed by atoms with van der Waals surface area (Å²) in [6, 6.07) is 6.64. The average Bonchev–Trinajstić information content (AvgIpc) is 2.99. The number of carbonyl (C=O) groups excluding carboxylic acids is 2. The van der Waals surface area contributed by atoms with Gasteiger partial charge in [0.15, 0.2) is 5.82 Å². The first-order valence-corrected chi connectivity index (χ1v) is 8.43. The Bertz CT molecular complexity index is 687. The van der Waals surface area contributed by atoms with E-state index in [9.17, 15) is 9.59 Å². The predicted molar refractivity (Wildman–Crippen MR) is 88.4 cm³/mol. The van der Waals surface area contributed by atoms with Gasteiger partial charge in [-0.05, 0) is 31.2 Å². The lowest BCUT2D eigenvalue weighted by molar-refractivity contribution is -0.119. The maximum Gasteiger partial charge on any atom is 0.269 e. The Morgan fingerprint density at radius 2 is 2.00 bits per heavy atom. The van der Waals surface area contributed by atoms with Crippen LogP contribution in [0.25, 0.3) is 0 Å². The molecule has 2 rings (SSSR count). The molecule has 1 heterocycles. The third-order valence-corrected chi connectivity index (χ3v) is 3.71. The fourth-order valence-electron chi connectivity index (χ4n) is 1.74. The summed E-state index contributed by atoms with van der Waals surface area (Å²) in [5, 5.41) is 3.73. The van der Waals surface area contributed by atoms with Crippen LogP contribution in [0.2, 0.25) is 0 Å². The number of aryl methyl sites for hydroxylation is 1. The number of hydrogen-bond donors (Lipinski definition) is 2. The second-order valence-electron chi connectivity index (χ2n) is 4.68. The number of ether oxygens (including phenoxy) is 1. The van der Waals surface area contributed by atoms with E-state index in [1.807, 2.05) is 6.92 Å². The smallest absolute Gasteiger partial charge is 0.269 e. The van der Waals surface area contributed by atoms with Gasteiger partial charge in [0.25, 0.3) is 5.91 Å². The van der Waals surface area contributed by atoms with E-state index < -0.39 is 5.91 Å². The summed E-state index contributed by atoms with van der Waals surface area (Å²) in [7, 11) is 0. The Labute approximate surface area is 143 Å². The van der Waals surface area contributed by atoms with Crippen LogP contribution in [-0.2, 0) is 10.5 Å². The predicted octanol–water partition coefficient (Wildman–Crippen LogP) is 1.47. The van der Waals surface area contributed by atoms with Crippen molar-refractivity contribution in [2.45, 2.75) is 19.6 Å². The van der Waals surface area contributed by atoms with Gasteiger partial charge in [-0.25, -0.2) is 0 Å². The summed E-state index contributed by atoms with van der Waals surface area (Å²) in [5.74, 6) is 1.60. The number of hydrazine groups is 1. The molecule has 128 valence electrons. The molecular weight excluding hydrogens is 332 g/mol. The van der Waals surface area contributed by atoms with Gasteiger partial charge in [0.1, 0.15) is 5.75 Å². The highest BCUT2D eigenvalue weighted by atomic mass is 32.2. The number of nitrogens with zero attached hydrogens (tertiary/aromatic N) is 2. The SMILES string of the molecule is CCOc1ccc(C(=O)NNC(=O)CSCc2noc(C)n2)cc1. The van der Waals surface area contributed by atoms with Crippen molar-refractivity contribution in [3.63, 3.8) is 0 Å². The summed E-state index contributed by atoms with van der Waals surface area (Å²) in [6.45, 7) is 4.14. The molecule has 2 aromatic rings. The van der Waals surface area contributed by atoms with Crippen LogP contribution >= 0.6 is 11.8 Å². The number of rotatable bonds is 7. The molecule has 2 amide bonds. The molecule has 9 heteroatoms. The van der Waals surface area contributed by atoms with Gasteiger partial charge in [-0.3, -0.25) is 20.4 Å². The number of nitrogens with one attached hydrogen (secondary N) is 2. The number of thioether (sulfide) groups is 1. The molecular formula is C15H18N4O4S. The third-order valence-electron chi connectivity index (χ3n) is 2.78. The van der Waals surface area contributed by atoms with Gasteiger partial charge in [0, 0.05) is 12.5 Å². The lowest BCUT2D eigenvalue weighted by Gasteiger charge is -2.08. The van der Waals surface area contributed by atoms with Gasteiger partial charge in [-0.15, -0.1) is 11.8 Å². The maximum absolute atomic E-state index is 11.9. The molecule has 8 nitrogen and oxygen atoms in total. The van der Waals surface area contributed by atoms with Crippen LogP contribution in [-0.4, -0.2) is 34.3 Å². The summed E-state index contributed by atoms with van der Waals surface area (Å²) in [4.78, 5) is 27.6. The molecule has 0 aliphatic heterocycles. The number of carbonyl (C=O) groups is 2. The topological polar surface area (TPSA) is 106 Å². The standard InChI is InChI=1S/C15H18N4O4S/c1-3-22-12-6-4-11(5-7-12)15(21)18-17-14(20)9-24-8-13-16-10(2)23-19-13/h4-7H,3,8-9H2,1-2H3,(H,17,20)(H,18,21). The highest BCUT2D eigenvalue weighted by molar-refractivity contribution is 7.99. The Morgan fingerprint density at radius 1 is 1.25 bits per heavy atom. The Morgan fingerprint density at radius 3 is 2.62 bits per heavy atom. The van der Waals surface area contributed by atoms with E-state index in [4.69, 9.17) is 9.26 Å². The molecule has 1 aromatic carbocycles. The van der Waals surface area contributed by atoms with E-state index in [-0.39, 0.29) is 11.7 Å². The van der Waals surface area contributed by atoms with E-state index in [0.29, 0.717) is 35.4 Å². The van der Waals surface area contributed by atoms with Crippen molar-refractivity contribution in [2.24, 2.45) is 0 Å². The maximum atomic E-state index is 11.9. The minimum absolute atomic E-state index is 0.164. The van der Waals surface area contributed by atoms with Crippen LogP contribution in [0.4, 0.5) is 0 Å². The van der Waals surface area contributed by atoms with Crippen LogP contribution in [0, 0.1) is 6.92 Å². The van der Waals surface area contributed by atoms with Crippen LogP contribution in [0.3, 0.4) is 0 Å². The van der Waals surface area contributed by atoms with Crippen molar-refractivity contribution in [3.05, 3.63) is 41.5 Å². The third kappa shape index (κ3) is 5.58. The molecule has 0 aliphatic carbocycles. The molecule has 24 heavy (non-hydrogen) atoms. The molecule has 0 spiro atoms. The quantitative estimate of drug-likeness (QED) is 0.728. The van der Waals surface area contributed by atoms with Crippen LogP contribution in [0.15, 0.2) is 28.8 Å². The van der Waals surface area contributed by atoms with Gasteiger partial charge in [0.2, 0.25) is 11.8 Å². The Hall–Kier alpha value is -2.55. The number of benzene rings is 1. The summed E-state index contributed by atoms with van der Waals surface area (Å²) in [6.07, 6.45) is 0. The van der Waals surface area contributed by atoms with E-state index in [0.717, 1.165) is 0 Å². The molecule has 0 atom stereocenters. The van der Waals surface area contributed by atoms with Crippen molar-refractivity contribution in [2.75, 3.05) is 12.4 Å². The molecule has 0 bridgehead atoms. The normalized spacial score (nSPS) is 10.2. The molecule has 1 aromatic heterocycles. The lowest BCUT2D eigenvalue weighted by atomic mass is 10.2. The van der Waals surface area contributed by atoms with Crippen LogP contribution in [0.5, 0.6) is 5.75 Å². The minimum atomic E-state index is -0.398. The van der Waals surface area contributed by atoms with Crippen LogP contribution in [0.1, 0.15) is 29.0 Å². The molecule has 0 fully saturated rings. The first-order valence-electron chi connectivity index (χ1n) is 7.27. The van der Waals surface area contributed by atoms with Crippen molar-refractivity contribution in [3.8, 4) is 5.75 Å². The van der Waals surface area contributed by atoms with E-state index >= 15 is 0 Å². The zero-order valence-electron chi connectivity index (χ0n) is 13.4. The molecule has 0 unspecified atom stereocenters. The van der Waals surface area contributed by atoms with Crippen molar-refractivity contribution < 1.29 is 18.8 Å². The average molecular weight is 350 g/mol. The summed E-state index contributed by atoms with van der Waals surface area (Å²) in [5.41, 5.74) is 5.14. The highest BCUT2D eigenvalue weighted by Crippen LogP contribution is 2.12. The zero-order chi connectivity index (χ0) is 17.4. The van der Waals surface area contributed by atoms with E-state index in [1.165, 1.54) is 11.8 Å². The minimum Gasteiger partial charge on any atom is -0.494 e. The lowest BCUT2D eigenvalue weighted by Crippen LogP contribution is -2.42. The van der Waals surface area contributed by atoms with Gasteiger partial charge >= 0.3 is 0 Å². The Balaban J connectivity index is 1.69. The monoisotopic (exact) mass is 350 g/mol.